The molecule has 138 valence electrons. The van der Waals surface area contributed by atoms with Gasteiger partial charge in [-0.15, -0.1) is 5.10 Å². The summed E-state index contributed by atoms with van der Waals surface area (Å²) in [6, 6.07) is 16.3. The average molecular weight is 363 g/mol. The summed E-state index contributed by atoms with van der Waals surface area (Å²) in [5.74, 6) is 1.09. The molecule has 7 nitrogen and oxygen atoms in total. The van der Waals surface area contributed by atoms with E-state index in [1.807, 2.05) is 49.3 Å². The van der Waals surface area contributed by atoms with E-state index in [0.29, 0.717) is 22.8 Å². The predicted octanol–water partition coefficient (Wildman–Crippen LogP) is 3.55. The molecule has 0 fully saturated rings. The molecule has 0 aliphatic heterocycles. The number of anilines is 4. The Morgan fingerprint density at radius 2 is 1.78 bits per heavy atom. The van der Waals surface area contributed by atoms with Crippen molar-refractivity contribution in [1.29, 1.82) is 0 Å². The molecule has 0 aliphatic rings. The lowest BCUT2D eigenvalue weighted by atomic mass is 10.2. The number of carbonyl (C=O) groups excluding carboxylic acids is 1. The summed E-state index contributed by atoms with van der Waals surface area (Å²) in [6.07, 6.45) is 1.70. The van der Waals surface area contributed by atoms with Gasteiger partial charge >= 0.3 is 0 Å². The van der Waals surface area contributed by atoms with Gasteiger partial charge in [-0.05, 0) is 42.5 Å². The van der Waals surface area contributed by atoms with Crippen LogP contribution in [0, 0.1) is 0 Å². The van der Waals surface area contributed by atoms with Gasteiger partial charge in [0.15, 0.2) is 5.82 Å². The van der Waals surface area contributed by atoms with Gasteiger partial charge in [0, 0.05) is 37.1 Å². The molecule has 0 aliphatic carbocycles. The second-order valence-electron chi connectivity index (χ2n) is 6.08. The van der Waals surface area contributed by atoms with E-state index in [9.17, 15) is 4.79 Å². The molecule has 1 amide bonds. The molecule has 0 atom stereocenters. The first kappa shape index (κ1) is 18.2. The normalized spacial score (nSPS) is 10.2. The predicted molar refractivity (Wildman–Crippen MR) is 107 cm³/mol. The van der Waals surface area contributed by atoms with Crippen molar-refractivity contribution < 1.29 is 9.53 Å². The third-order valence-electron chi connectivity index (χ3n) is 3.90. The van der Waals surface area contributed by atoms with E-state index in [2.05, 4.69) is 20.8 Å². The van der Waals surface area contributed by atoms with Crippen LogP contribution in [-0.2, 0) is 0 Å². The summed E-state index contributed by atoms with van der Waals surface area (Å²) in [4.78, 5) is 14.3. The minimum atomic E-state index is -0.195. The number of rotatable bonds is 6. The zero-order valence-corrected chi connectivity index (χ0v) is 15.4. The van der Waals surface area contributed by atoms with Gasteiger partial charge in [-0.1, -0.05) is 6.07 Å². The van der Waals surface area contributed by atoms with Crippen LogP contribution in [0.3, 0.4) is 0 Å². The van der Waals surface area contributed by atoms with E-state index in [4.69, 9.17) is 4.74 Å². The molecule has 3 aromatic rings. The molecule has 0 radical (unpaired) electrons. The van der Waals surface area contributed by atoms with Crippen LogP contribution in [0.4, 0.5) is 22.9 Å². The highest BCUT2D eigenvalue weighted by Gasteiger charge is 2.07. The monoisotopic (exact) mass is 363 g/mol. The Bertz CT molecular complexity index is 926. The summed E-state index contributed by atoms with van der Waals surface area (Å²) < 4.78 is 5.15. The van der Waals surface area contributed by atoms with Gasteiger partial charge in [-0.2, -0.15) is 5.10 Å². The molecule has 2 aromatic carbocycles. The minimum absolute atomic E-state index is 0.195. The van der Waals surface area contributed by atoms with Gasteiger partial charge < -0.3 is 20.3 Å². The molecule has 1 aromatic heterocycles. The number of benzene rings is 2. The smallest absolute Gasteiger partial charge is 0.255 e. The lowest BCUT2D eigenvalue weighted by molar-refractivity contribution is 0.102. The number of nitrogens with one attached hydrogen (secondary N) is 2. The second kappa shape index (κ2) is 8.18. The van der Waals surface area contributed by atoms with Crippen molar-refractivity contribution in [3.63, 3.8) is 0 Å². The quantitative estimate of drug-likeness (QED) is 0.697. The van der Waals surface area contributed by atoms with E-state index in [1.54, 1.807) is 37.6 Å². The van der Waals surface area contributed by atoms with Gasteiger partial charge in [-0.3, -0.25) is 4.79 Å². The summed E-state index contributed by atoms with van der Waals surface area (Å²) >= 11 is 0. The maximum atomic E-state index is 12.4. The van der Waals surface area contributed by atoms with Crippen molar-refractivity contribution in [2.24, 2.45) is 0 Å². The van der Waals surface area contributed by atoms with E-state index in [-0.39, 0.29) is 5.91 Å². The maximum Gasteiger partial charge on any atom is 0.255 e. The Balaban J connectivity index is 1.66. The molecular formula is C20H21N5O2. The van der Waals surface area contributed by atoms with Crippen LogP contribution in [-0.4, -0.2) is 37.3 Å². The third kappa shape index (κ3) is 4.72. The fraction of sp³-hybridized carbons (Fsp3) is 0.150. The van der Waals surface area contributed by atoms with Crippen LogP contribution in [0.25, 0.3) is 0 Å². The molecule has 7 heteroatoms. The lowest BCUT2D eigenvalue weighted by Gasteiger charge is -2.13. The number of hydrogen-bond acceptors (Lipinski definition) is 6. The van der Waals surface area contributed by atoms with E-state index in [1.165, 1.54) is 0 Å². The summed E-state index contributed by atoms with van der Waals surface area (Å²) in [5.41, 5.74) is 3.03. The Labute approximate surface area is 158 Å². The van der Waals surface area contributed by atoms with Crippen LogP contribution >= 0.6 is 0 Å². The molecule has 0 saturated carbocycles. The molecule has 2 N–H and O–H groups in total. The van der Waals surface area contributed by atoms with Gasteiger partial charge in [0.1, 0.15) is 5.75 Å². The van der Waals surface area contributed by atoms with Crippen LogP contribution < -0.4 is 20.3 Å². The molecule has 3 rings (SSSR count). The first-order chi connectivity index (χ1) is 13.0. The third-order valence-corrected chi connectivity index (χ3v) is 3.90. The summed E-state index contributed by atoms with van der Waals surface area (Å²) in [5, 5.41) is 14.1. The molecule has 0 spiro atoms. The fourth-order valence-corrected chi connectivity index (χ4v) is 2.41. The first-order valence-corrected chi connectivity index (χ1v) is 8.38. The Morgan fingerprint density at radius 1 is 1.04 bits per heavy atom. The minimum Gasteiger partial charge on any atom is -0.497 e. The SMILES string of the molecule is COc1cccc(C(=O)Nc2ccc(Nc3cc(N(C)C)cnn3)cc2)c1. The average Bonchev–Trinajstić information content (AvgIpc) is 2.69. The summed E-state index contributed by atoms with van der Waals surface area (Å²) in [6.45, 7) is 0. The number of hydrogen-bond donors (Lipinski definition) is 2. The van der Waals surface area contributed by atoms with Crippen molar-refractivity contribution in [3.05, 3.63) is 66.4 Å². The maximum absolute atomic E-state index is 12.4. The molecular weight excluding hydrogens is 342 g/mol. The Morgan fingerprint density at radius 3 is 2.48 bits per heavy atom. The zero-order chi connectivity index (χ0) is 19.2. The van der Waals surface area contributed by atoms with Crippen LogP contribution in [0.2, 0.25) is 0 Å². The molecule has 27 heavy (non-hydrogen) atoms. The molecule has 0 bridgehead atoms. The lowest BCUT2D eigenvalue weighted by Crippen LogP contribution is -2.12. The summed E-state index contributed by atoms with van der Waals surface area (Å²) in [7, 11) is 5.46. The first-order valence-electron chi connectivity index (χ1n) is 8.38. The largest absolute Gasteiger partial charge is 0.497 e. The highest BCUT2D eigenvalue weighted by atomic mass is 16.5. The topological polar surface area (TPSA) is 79.4 Å². The number of carbonyl (C=O) groups is 1. The van der Waals surface area contributed by atoms with Crippen molar-refractivity contribution in [3.8, 4) is 5.75 Å². The Hall–Kier alpha value is -3.61. The van der Waals surface area contributed by atoms with Crippen LogP contribution in [0.1, 0.15) is 10.4 Å². The van der Waals surface area contributed by atoms with Crippen molar-refractivity contribution in [2.45, 2.75) is 0 Å². The van der Waals surface area contributed by atoms with Gasteiger partial charge in [0.2, 0.25) is 0 Å². The van der Waals surface area contributed by atoms with E-state index in [0.717, 1.165) is 11.4 Å². The van der Waals surface area contributed by atoms with Crippen molar-refractivity contribution >= 4 is 28.8 Å². The number of amides is 1. The van der Waals surface area contributed by atoms with Gasteiger partial charge in [-0.25, -0.2) is 0 Å². The van der Waals surface area contributed by atoms with E-state index >= 15 is 0 Å². The van der Waals surface area contributed by atoms with Crippen LogP contribution in [0.5, 0.6) is 5.75 Å². The van der Waals surface area contributed by atoms with Gasteiger partial charge in [0.05, 0.1) is 19.0 Å². The fourth-order valence-electron chi connectivity index (χ4n) is 2.41. The number of nitrogens with zero attached hydrogens (tertiary/aromatic N) is 3. The number of methoxy groups -OCH3 is 1. The standard InChI is InChI=1S/C20H21N5O2/c1-25(2)17-12-19(24-21-13-17)22-15-7-9-16(10-8-15)23-20(26)14-5-4-6-18(11-14)27-3/h4-13H,1-3H3,(H,22,24)(H,23,26). The Kier molecular flexibility index (Phi) is 5.51. The van der Waals surface area contributed by atoms with Crippen LogP contribution in [0.15, 0.2) is 60.8 Å². The zero-order valence-electron chi connectivity index (χ0n) is 15.4. The number of ether oxygens (including phenoxy) is 1. The highest BCUT2D eigenvalue weighted by molar-refractivity contribution is 6.04. The van der Waals surface area contributed by atoms with Gasteiger partial charge in [0.25, 0.3) is 5.91 Å². The van der Waals surface area contributed by atoms with Crippen molar-refractivity contribution in [2.75, 3.05) is 36.7 Å². The second-order valence-corrected chi connectivity index (χ2v) is 6.08. The van der Waals surface area contributed by atoms with Crippen molar-refractivity contribution in [1.82, 2.24) is 10.2 Å². The molecule has 0 saturated heterocycles. The highest BCUT2D eigenvalue weighted by Crippen LogP contribution is 2.21. The molecule has 0 unspecified atom stereocenters. The number of aromatic nitrogens is 2. The molecule has 1 heterocycles. The van der Waals surface area contributed by atoms with E-state index < -0.39 is 0 Å².